The molecule has 0 aliphatic rings. The fourth-order valence-electron chi connectivity index (χ4n) is 1.17. The van der Waals surface area contributed by atoms with E-state index in [1.165, 1.54) is 19.2 Å². The van der Waals surface area contributed by atoms with Gasteiger partial charge in [-0.1, -0.05) is 13.8 Å². The highest BCUT2D eigenvalue weighted by atomic mass is 16.5. The molecule has 1 N–H and O–H groups in total. The van der Waals surface area contributed by atoms with Gasteiger partial charge in [-0.05, 0) is 5.92 Å². The topological polar surface area (TPSA) is 85.7 Å². The van der Waals surface area contributed by atoms with Crippen molar-refractivity contribution in [1.29, 1.82) is 0 Å². The molecule has 0 amide bonds. The molecule has 0 aromatic carbocycles. The Labute approximate surface area is 105 Å². The summed E-state index contributed by atoms with van der Waals surface area (Å²) >= 11 is 0. The third-order valence-electron chi connectivity index (χ3n) is 2.00. The molecule has 0 saturated carbocycles. The Morgan fingerprint density at radius 3 is 2.44 bits per heavy atom. The SMILES string of the molecule is COC(=O)c1cc(OCC(C)C)cc(C(=O)O)n1. The summed E-state index contributed by atoms with van der Waals surface area (Å²) in [7, 11) is 1.20. The third kappa shape index (κ3) is 3.73. The van der Waals surface area contributed by atoms with Gasteiger partial charge in [-0.3, -0.25) is 0 Å². The Morgan fingerprint density at radius 2 is 1.94 bits per heavy atom. The minimum Gasteiger partial charge on any atom is -0.493 e. The van der Waals surface area contributed by atoms with Crippen molar-refractivity contribution in [1.82, 2.24) is 4.98 Å². The Hall–Kier alpha value is -2.11. The monoisotopic (exact) mass is 253 g/mol. The number of carbonyl (C=O) groups is 2. The first-order chi connectivity index (χ1) is 8.43. The van der Waals surface area contributed by atoms with E-state index in [0.29, 0.717) is 6.61 Å². The van der Waals surface area contributed by atoms with Crippen molar-refractivity contribution in [2.75, 3.05) is 13.7 Å². The summed E-state index contributed by atoms with van der Waals surface area (Å²) in [5.41, 5.74) is -0.340. The van der Waals surface area contributed by atoms with Gasteiger partial charge in [0, 0.05) is 12.1 Å². The van der Waals surface area contributed by atoms with Crippen LogP contribution in [-0.4, -0.2) is 35.7 Å². The molecule has 6 heteroatoms. The Bertz CT molecular complexity index is 456. The normalized spacial score (nSPS) is 10.2. The molecule has 0 spiro atoms. The average Bonchev–Trinajstić information content (AvgIpc) is 2.34. The number of methoxy groups -OCH3 is 1. The van der Waals surface area contributed by atoms with E-state index in [0.717, 1.165) is 0 Å². The van der Waals surface area contributed by atoms with Crippen molar-refractivity contribution >= 4 is 11.9 Å². The van der Waals surface area contributed by atoms with Crippen LogP contribution < -0.4 is 4.74 Å². The van der Waals surface area contributed by atoms with E-state index in [1.807, 2.05) is 13.8 Å². The van der Waals surface area contributed by atoms with E-state index < -0.39 is 11.9 Å². The van der Waals surface area contributed by atoms with E-state index >= 15 is 0 Å². The van der Waals surface area contributed by atoms with Crippen molar-refractivity contribution < 1.29 is 24.2 Å². The van der Waals surface area contributed by atoms with Crippen LogP contribution in [0.15, 0.2) is 12.1 Å². The molecule has 0 saturated heterocycles. The number of aromatic carboxylic acids is 1. The van der Waals surface area contributed by atoms with Crippen LogP contribution in [0.4, 0.5) is 0 Å². The first-order valence-electron chi connectivity index (χ1n) is 5.40. The highest BCUT2D eigenvalue weighted by Crippen LogP contribution is 2.16. The lowest BCUT2D eigenvalue weighted by Gasteiger charge is -2.10. The molecule has 0 bridgehead atoms. The second-order valence-electron chi connectivity index (χ2n) is 4.07. The van der Waals surface area contributed by atoms with Crippen LogP contribution in [0.3, 0.4) is 0 Å². The molecule has 18 heavy (non-hydrogen) atoms. The zero-order chi connectivity index (χ0) is 13.7. The summed E-state index contributed by atoms with van der Waals surface area (Å²) in [6, 6.07) is 2.64. The Morgan fingerprint density at radius 1 is 1.33 bits per heavy atom. The van der Waals surface area contributed by atoms with E-state index in [4.69, 9.17) is 9.84 Å². The highest BCUT2D eigenvalue weighted by molar-refractivity contribution is 5.91. The number of carboxylic acids is 1. The minimum atomic E-state index is -1.23. The first-order valence-corrected chi connectivity index (χ1v) is 5.40. The van der Waals surface area contributed by atoms with Gasteiger partial charge in [0.1, 0.15) is 5.75 Å². The summed E-state index contributed by atoms with van der Waals surface area (Å²) in [6.07, 6.45) is 0. The number of rotatable bonds is 5. The Balaban J connectivity index is 3.06. The van der Waals surface area contributed by atoms with Crippen LogP contribution in [0.25, 0.3) is 0 Å². The van der Waals surface area contributed by atoms with Crippen LogP contribution in [0.5, 0.6) is 5.75 Å². The number of hydrogen-bond acceptors (Lipinski definition) is 5. The van der Waals surface area contributed by atoms with Gasteiger partial charge >= 0.3 is 11.9 Å². The van der Waals surface area contributed by atoms with Crippen molar-refractivity contribution in [3.63, 3.8) is 0 Å². The predicted molar refractivity (Wildman–Crippen MR) is 62.9 cm³/mol. The lowest BCUT2D eigenvalue weighted by Crippen LogP contribution is -2.11. The maximum atomic E-state index is 11.3. The average molecular weight is 253 g/mol. The van der Waals surface area contributed by atoms with Gasteiger partial charge in [0.2, 0.25) is 0 Å². The molecule has 0 atom stereocenters. The van der Waals surface area contributed by atoms with E-state index in [1.54, 1.807) is 0 Å². The molecule has 0 fully saturated rings. The van der Waals surface area contributed by atoms with Gasteiger partial charge in [0.25, 0.3) is 0 Å². The summed E-state index contributed by atoms with van der Waals surface area (Å²) in [6.45, 7) is 4.34. The van der Waals surface area contributed by atoms with Crippen molar-refractivity contribution in [3.05, 3.63) is 23.5 Å². The standard InChI is InChI=1S/C12H15NO5/c1-7(2)6-18-8-4-9(11(14)15)13-10(5-8)12(16)17-3/h4-5,7H,6H2,1-3H3,(H,14,15). The fourth-order valence-corrected chi connectivity index (χ4v) is 1.17. The molecule has 0 aliphatic heterocycles. The maximum Gasteiger partial charge on any atom is 0.356 e. The van der Waals surface area contributed by atoms with Crippen LogP contribution >= 0.6 is 0 Å². The summed E-state index contributed by atoms with van der Waals surface area (Å²) in [5, 5.41) is 8.90. The number of esters is 1. The highest BCUT2D eigenvalue weighted by Gasteiger charge is 2.15. The number of ether oxygens (including phenoxy) is 2. The molecular weight excluding hydrogens is 238 g/mol. The van der Waals surface area contributed by atoms with Crippen LogP contribution in [0, 0.1) is 5.92 Å². The van der Waals surface area contributed by atoms with Gasteiger partial charge in [0.05, 0.1) is 13.7 Å². The van der Waals surface area contributed by atoms with Gasteiger partial charge < -0.3 is 14.6 Å². The molecule has 6 nitrogen and oxygen atoms in total. The lowest BCUT2D eigenvalue weighted by atomic mass is 10.2. The van der Waals surface area contributed by atoms with E-state index in [-0.39, 0.29) is 23.1 Å². The molecule has 0 aliphatic carbocycles. The number of carboxylic acid groups (broad SMARTS) is 1. The van der Waals surface area contributed by atoms with E-state index in [9.17, 15) is 9.59 Å². The van der Waals surface area contributed by atoms with Crippen molar-refractivity contribution in [3.8, 4) is 5.75 Å². The second kappa shape index (κ2) is 6.00. The number of aromatic nitrogens is 1. The third-order valence-corrected chi connectivity index (χ3v) is 2.00. The maximum absolute atomic E-state index is 11.3. The molecule has 1 aromatic heterocycles. The fraction of sp³-hybridized carbons (Fsp3) is 0.417. The van der Waals surface area contributed by atoms with Crippen LogP contribution in [0.1, 0.15) is 34.8 Å². The summed E-state index contributed by atoms with van der Waals surface area (Å²) in [5.74, 6) is -1.35. The Kier molecular flexibility index (Phi) is 4.65. The van der Waals surface area contributed by atoms with Gasteiger partial charge in [-0.15, -0.1) is 0 Å². The van der Waals surface area contributed by atoms with E-state index in [2.05, 4.69) is 9.72 Å². The molecule has 1 aromatic rings. The lowest BCUT2D eigenvalue weighted by molar-refractivity contribution is 0.0593. The summed E-state index contributed by atoms with van der Waals surface area (Å²) in [4.78, 5) is 25.9. The first kappa shape index (κ1) is 14.0. The molecule has 0 unspecified atom stereocenters. The second-order valence-corrected chi connectivity index (χ2v) is 4.07. The van der Waals surface area contributed by atoms with Crippen molar-refractivity contribution in [2.24, 2.45) is 5.92 Å². The van der Waals surface area contributed by atoms with Gasteiger partial charge in [-0.25, -0.2) is 14.6 Å². The minimum absolute atomic E-state index is 0.0869. The zero-order valence-electron chi connectivity index (χ0n) is 10.5. The summed E-state index contributed by atoms with van der Waals surface area (Å²) < 4.78 is 9.88. The van der Waals surface area contributed by atoms with Crippen LogP contribution in [-0.2, 0) is 4.74 Å². The number of hydrogen-bond donors (Lipinski definition) is 1. The van der Waals surface area contributed by atoms with Crippen molar-refractivity contribution in [2.45, 2.75) is 13.8 Å². The molecule has 98 valence electrons. The zero-order valence-corrected chi connectivity index (χ0v) is 10.5. The molecule has 1 rings (SSSR count). The number of pyridine rings is 1. The van der Waals surface area contributed by atoms with Gasteiger partial charge in [0.15, 0.2) is 11.4 Å². The smallest absolute Gasteiger partial charge is 0.356 e. The van der Waals surface area contributed by atoms with Gasteiger partial charge in [-0.2, -0.15) is 0 Å². The predicted octanol–water partition coefficient (Wildman–Crippen LogP) is 1.60. The van der Waals surface area contributed by atoms with Crippen LogP contribution in [0.2, 0.25) is 0 Å². The number of carbonyl (C=O) groups excluding carboxylic acids is 1. The molecule has 1 heterocycles. The number of nitrogens with zero attached hydrogens (tertiary/aromatic N) is 1. The quantitative estimate of drug-likeness (QED) is 0.802. The largest absolute Gasteiger partial charge is 0.493 e. The molecular formula is C12H15NO5. The molecule has 0 radical (unpaired) electrons.